The minimum absolute atomic E-state index is 0.0898. The fourth-order valence-electron chi connectivity index (χ4n) is 2.15. The quantitative estimate of drug-likeness (QED) is 0.884. The lowest BCUT2D eigenvalue weighted by molar-refractivity contribution is -0.143. The highest BCUT2D eigenvalue weighted by Crippen LogP contribution is 2.29. The molecular formula is C13H17BrN4O3. The Balaban J connectivity index is 2.25. The third-order valence-corrected chi connectivity index (χ3v) is 3.61. The van der Waals surface area contributed by atoms with Crippen LogP contribution in [0.2, 0.25) is 0 Å². The number of furan rings is 1. The van der Waals surface area contributed by atoms with E-state index in [1.807, 2.05) is 20.8 Å². The van der Waals surface area contributed by atoms with E-state index in [0.717, 1.165) is 0 Å². The topological polar surface area (TPSA) is 94.0 Å². The monoisotopic (exact) mass is 356 g/mol. The van der Waals surface area contributed by atoms with Crippen molar-refractivity contribution in [3.8, 4) is 11.4 Å². The summed E-state index contributed by atoms with van der Waals surface area (Å²) in [5.41, 5.74) is 0.605. The van der Waals surface area contributed by atoms with Crippen LogP contribution in [0.1, 0.15) is 27.2 Å². The molecule has 0 amide bonds. The second kappa shape index (κ2) is 5.97. The van der Waals surface area contributed by atoms with Crippen molar-refractivity contribution in [3.63, 3.8) is 0 Å². The van der Waals surface area contributed by atoms with Gasteiger partial charge in [-0.15, -0.1) is 5.10 Å². The Labute approximate surface area is 130 Å². The Bertz CT molecular complexity index is 629. The maximum Gasteiger partial charge on any atom is 0.308 e. The van der Waals surface area contributed by atoms with Crippen molar-refractivity contribution in [2.75, 3.05) is 0 Å². The number of carboxylic acids is 1. The van der Waals surface area contributed by atoms with Gasteiger partial charge in [-0.05, 0) is 44.3 Å². The molecule has 0 saturated heterocycles. The predicted molar refractivity (Wildman–Crippen MR) is 78.4 cm³/mol. The summed E-state index contributed by atoms with van der Waals surface area (Å²) in [5, 5.41) is 20.9. The maximum absolute atomic E-state index is 11.5. The third-order valence-electron chi connectivity index (χ3n) is 2.99. The van der Waals surface area contributed by atoms with Crippen molar-refractivity contribution in [1.82, 2.24) is 20.2 Å². The number of aliphatic carboxylic acids is 1. The van der Waals surface area contributed by atoms with Crippen molar-refractivity contribution in [1.29, 1.82) is 0 Å². The molecule has 2 aromatic heterocycles. The number of tetrazole rings is 1. The van der Waals surface area contributed by atoms with Gasteiger partial charge in [0.25, 0.3) is 0 Å². The number of aromatic nitrogens is 4. The van der Waals surface area contributed by atoms with Gasteiger partial charge in [0.1, 0.15) is 0 Å². The Kier molecular flexibility index (Phi) is 4.46. The van der Waals surface area contributed by atoms with E-state index >= 15 is 0 Å². The van der Waals surface area contributed by atoms with Crippen LogP contribution in [0.4, 0.5) is 0 Å². The zero-order valence-electron chi connectivity index (χ0n) is 12.1. The van der Waals surface area contributed by atoms with Crippen LogP contribution in [0.15, 0.2) is 21.4 Å². The van der Waals surface area contributed by atoms with E-state index in [2.05, 4.69) is 31.5 Å². The number of carbonyl (C=O) groups is 1. The molecule has 0 aliphatic rings. The molecule has 0 spiro atoms. The van der Waals surface area contributed by atoms with Crippen molar-refractivity contribution in [2.24, 2.45) is 11.3 Å². The molecule has 8 heteroatoms. The Morgan fingerprint density at radius 1 is 1.52 bits per heavy atom. The summed E-state index contributed by atoms with van der Waals surface area (Å²) in [6, 6.07) is 1.73. The first-order chi connectivity index (χ1) is 9.78. The number of carboxylic acid groups (broad SMARTS) is 1. The van der Waals surface area contributed by atoms with Crippen LogP contribution < -0.4 is 0 Å². The smallest absolute Gasteiger partial charge is 0.308 e. The number of halogens is 1. The zero-order valence-corrected chi connectivity index (χ0v) is 13.7. The standard InChI is InChI=1S/C13H17BrN4O3/c1-13(2,3)6-8(12(19)20)7-18-11(15-16-17-18)9-4-5-21-10(9)14/h4-5,8H,6-7H2,1-3H3,(H,19,20). The van der Waals surface area contributed by atoms with E-state index in [0.29, 0.717) is 22.5 Å². The molecule has 2 rings (SSSR count). The third kappa shape index (κ3) is 3.90. The molecule has 0 aliphatic carbocycles. The van der Waals surface area contributed by atoms with Crippen LogP contribution in [0, 0.1) is 11.3 Å². The van der Waals surface area contributed by atoms with Crippen molar-refractivity contribution < 1.29 is 14.3 Å². The fourth-order valence-corrected chi connectivity index (χ4v) is 2.57. The minimum Gasteiger partial charge on any atom is -0.481 e. The van der Waals surface area contributed by atoms with Crippen LogP contribution in [0.5, 0.6) is 0 Å². The van der Waals surface area contributed by atoms with E-state index in [-0.39, 0.29) is 12.0 Å². The molecule has 0 fully saturated rings. The summed E-state index contributed by atoms with van der Waals surface area (Å²) in [6.07, 6.45) is 2.05. The van der Waals surface area contributed by atoms with Crippen LogP contribution in [-0.2, 0) is 11.3 Å². The van der Waals surface area contributed by atoms with Gasteiger partial charge in [0.2, 0.25) is 0 Å². The first kappa shape index (κ1) is 15.7. The highest BCUT2D eigenvalue weighted by atomic mass is 79.9. The SMILES string of the molecule is CC(C)(C)CC(Cn1nnnc1-c1ccoc1Br)C(=O)O. The Morgan fingerprint density at radius 2 is 2.24 bits per heavy atom. The summed E-state index contributed by atoms with van der Waals surface area (Å²) in [4.78, 5) is 11.5. The predicted octanol–water partition coefficient (Wildman–Crippen LogP) is 2.83. The largest absolute Gasteiger partial charge is 0.481 e. The molecule has 0 bridgehead atoms. The number of hydrogen-bond acceptors (Lipinski definition) is 5. The van der Waals surface area contributed by atoms with Crippen LogP contribution in [0.25, 0.3) is 11.4 Å². The first-order valence-corrected chi connectivity index (χ1v) is 7.29. The molecule has 7 nitrogen and oxygen atoms in total. The lowest BCUT2D eigenvalue weighted by Crippen LogP contribution is -2.26. The van der Waals surface area contributed by atoms with E-state index < -0.39 is 11.9 Å². The van der Waals surface area contributed by atoms with Gasteiger partial charge < -0.3 is 9.52 Å². The Morgan fingerprint density at radius 3 is 2.76 bits per heavy atom. The molecule has 114 valence electrons. The van der Waals surface area contributed by atoms with Crippen molar-refractivity contribution in [2.45, 2.75) is 33.7 Å². The van der Waals surface area contributed by atoms with E-state index in [4.69, 9.17) is 4.42 Å². The molecule has 2 heterocycles. The number of nitrogens with zero attached hydrogens (tertiary/aromatic N) is 4. The van der Waals surface area contributed by atoms with Crippen LogP contribution in [-0.4, -0.2) is 31.3 Å². The molecule has 0 saturated carbocycles. The summed E-state index contributed by atoms with van der Waals surface area (Å²) < 4.78 is 7.18. The van der Waals surface area contributed by atoms with Gasteiger partial charge in [-0.25, -0.2) is 4.68 Å². The van der Waals surface area contributed by atoms with Crippen LogP contribution in [0.3, 0.4) is 0 Å². The molecule has 0 aromatic carbocycles. The molecule has 1 unspecified atom stereocenters. The fraction of sp³-hybridized carbons (Fsp3) is 0.538. The zero-order chi connectivity index (χ0) is 15.6. The Hall–Kier alpha value is -1.70. The average molecular weight is 357 g/mol. The molecular weight excluding hydrogens is 340 g/mol. The first-order valence-electron chi connectivity index (χ1n) is 6.50. The maximum atomic E-state index is 11.5. The van der Waals surface area contributed by atoms with Gasteiger partial charge >= 0.3 is 5.97 Å². The second-order valence-electron chi connectivity index (χ2n) is 6.09. The second-order valence-corrected chi connectivity index (χ2v) is 6.81. The number of hydrogen-bond donors (Lipinski definition) is 1. The van der Waals surface area contributed by atoms with Gasteiger partial charge in [0, 0.05) is 0 Å². The van der Waals surface area contributed by atoms with Crippen LogP contribution >= 0.6 is 15.9 Å². The normalized spacial score (nSPS) is 13.3. The molecule has 21 heavy (non-hydrogen) atoms. The molecule has 1 N–H and O–H groups in total. The molecule has 0 radical (unpaired) electrons. The lowest BCUT2D eigenvalue weighted by atomic mass is 9.84. The van der Waals surface area contributed by atoms with E-state index in [9.17, 15) is 9.90 Å². The van der Waals surface area contributed by atoms with Gasteiger partial charge in [-0.3, -0.25) is 4.79 Å². The van der Waals surface area contributed by atoms with Gasteiger partial charge in [0.15, 0.2) is 10.5 Å². The summed E-state index contributed by atoms with van der Waals surface area (Å²) >= 11 is 3.27. The average Bonchev–Trinajstić information content (AvgIpc) is 2.95. The number of rotatable bonds is 5. The molecule has 1 atom stereocenters. The molecule has 2 aromatic rings. The van der Waals surface area contributed by atoms with E-state index in [1.54, 1.807) is 6.07 Å². The highest BCUT2D eigenvalue weighted by Gasteiger charge is 2.27. The summed E-state index contributed by atoms with van der Waals surface area (Å²) in [7, 11) is 0. The summed E-state index contributed by atoms with van der Waals surface area (Å²) in [5.74, 6) is -0.925. The van der Waals surface area contributed by atoms with Gasteiger partial charge in [-0.2, -0.15) is 0 Å². The lowest BCUT2D eigenvalue weighted by Gasteiger charge is -2.23. The minimum atomic E-state index is -0.849. The highest BCUT2D eigenvalue weighted by molar-refractivity contribution is 9.10. The summed E-state index contributed by atoms with van der Waals surface area (Å²) in [6.45, 7) is 6.24. The van der Waals surface area contributed by atoms with Crippen molar-refractivity contribution in [3.05, 3.63) is 17.0 Å². The van der Waals surface area contributed by atoms with E-state index in [1.165, 1.54) is 10.9 Å². The molecule has 0 aliphatic heterocycles. The van der Waals surface area contributed by atoms with Gasteiger partial charge in [-0.1, -0.05) is 20.8 Å². The van der Waals surface area contributed by atoms with Crippen molar-refractivity contribution >= 4 is 21.9 Å². The van der Waals surface area contributed by atoms with Gasteiger partial charge in [0.05, 0.1) is 24.3 Å².